The number of likely N-dealkylation sites (tertiary alicyclic amines) is 1. The number of thiazole rings is 1. The summed E-state index contributed by atoms with van der Waals surface area (Å²) in [5.74, 6) is 0. The quantitative estimate of drug-likeness (QED) is 0.890. The molecule has 1 N–H and O–H groups in total. The predicted octanol–water partition coefficient (Wildman–Crippen LogP) is 1.53. The highest BCUT2D eigenvalue weighted by Gasteiger charge is 2.33. The van der Waals surface area contributed by atoms with E-state index in [0.717, 1.165) is 24.5 Å². The summed E-state index contributed by atoms with van der Waals surface area (Å²) in [6.07, 6.45) is 4.23. The van der Waals surface area contributed by atoms with Crippen molar-refractivity contribution in [3.8, 4) is 0 Å². The van der Waals surface area contributed by atoms with E-state index < -0.39 is 10.0 Å². The van der Waals surface area contributed by atoms with E-state index in [-0.39, 0.29) is 11.3 Å². The van der Waals surface area contributed by atoms with Crippen molar-refractivity contribution in [2.75, 3.05) is 13.1 Å². The molecule has 1 aliphatic carbocycles. The summed E-state index contributed by atoms with van der Waals surface area (Å²) in [6.45, 7) is 5.98. The molecule has 0 unspecified atom stereocenters. The number of hydrogen-bond donors (Lipinski definition) is 1. The molecule has 1 aromatic heterocycles. The first-order valence-corrected chi connectivity index (χ1v) is 10.0. The summed E-state index contributed by atoms with van der Waals surface area (Å²) < 4.78 is 27.1. The molecule has 1 fully saturated rings. The Morgan fingerprint density at radius 3 is 2.95 bits per heavy atom. The van der Waals surface area contributed by atoms with Crippen LogP contribution in [0.4, 0.5) is 0 Å². The Bertz CT molecular complexity index is 588. The van der Waals surface area contributed by atoms with Gasteiger partial charge in [0.1, 0.15) is 5.01 Å². The van der Waals surface area contributed by atoms with Gasteiger partial charge in [0, 0.05) is 17.5 Å². The third-order valence-electron chi connectivity index (χ3n) is 4.07. The van der Waals surface area contributed by atoms with Gasteiger partial charge >= 0.3 is 0 Å². The van der Waals surface area contributed by atoms with Gasteiger partial charge in [-0.25, -0.2) is 18.1 Å². The lowest BCUT2D eigenvalue weighted by Crippen LogP contribution is -2.39. The third-order valence-corrected chi connectivity index (χ3v) is 7.27. The predicted molar refractivity (Wildman–Crippen MR) is 85.0 cm³/mol. The standard InChI is InChI=1S/C14H23N3O2S2/c1-10(2)16-21(18,19)11-6-7-17(8-11)9-14-15-12-4-3-5-13(12)20-14/h10-11,16H,3-9H2,1-2H3/t11-/m1/s1. The van der Waals surface area contributed by atoms with Crippen LogP contribution in [0, 0.1) is 0 Å². The Labute approximate surface area is 130 Å². The van der Waals surface area contributed by atoms with E-state index in [1.165, 1.54) is 23.4 Å². The number of nitrogens with zero attached hydrogens (tertiary/aromatic N) is 2. The van der Waals surface area contributed by atoms with Crippen LogP contribution in [0.25, 0.3) is 0 Å². The Morgan fingerprint density at radius 1 is 1.43 bits per heavy atom. The average molecular weight is 329 g/mol. The van der Waals surface area contributed by atoms with Gasteiger partial charge in [0.25, 0.3) is 0 Å². The van der Waals surface area contributed by atoms with Crippen molar-refractivity contribution < 1.29 is 8.42 Å². The Balaban J connectivity index is 1.59. The van der Waals surface area contributed by atoms with E-state index in [2.05, 4.69) is 9.62 Å². The minimum atomic E-state index is -3.19. The molecule has 1 aliphatic heterocycles. The van der Waals surface area contributed by atoms with Gasteiger partial charge in [0.2, 0.25) is 10.0 Å². The maximum atomic E-state index is 12.2. The highest BCUT2D eigenvalue weighted by molar-refractivity contribution is 7.90. The Morgan fingerprint density at radius 2 is 2.24 bits per heavy atom. The first-order chi connectivity index (χ1) is 9.94. The van der Waals surface area contributed by atoms with Gasteiger partial charge < -0.3 is 0 Å². The van der Waals surface area contributed by atoms with E-state index in [0.29, 0.717) is 13.0 Å². The van der Waals surface area contributed by atoms with Crippen molar-refractivity contribution in [2.45, 2.75) is 57.4 Å². The molecule has 1 saturated heterocycles. The van der Waals surface area contributed by atoms with Gasteiger partial charge in [-0.3, -0.25) is 4.90 Å². The molecule has 1 aromatic rings. The second-order valence-electron chi connectivity index (χ2n) is 6.29. The molecular formula is C14H23N3O2S2. The number of sulfonamides is 1. The van der Waals surface area contributed by atoms with Crippen LogP contribution in [0.2, 0.25) is 0 Å². The number of aryl methyl sites for hydroxylation is 2. The van der Waals surface area contributed by atoms with Crippen molar-refractivity contribution in [3.05, 3.63) is 15.6 Å². The number of hydrogen-bond acceptors (Lipinski definition) is 5. The molecule has 0 spiro atoms. The van der Waals surface area contributed by atoms with Gasteiger partial charge in [0.05, 0.1) is 17.5 Å². The van der Waals surface area contributed by atoms with E-state index in [9.17, 15) is 8.42 Å². The first-order valence-electron chi connectivity index (χ1n) is 7.65. The molecule has 118 valence electrons. The van der Waals surface area contributed by atoms with Crippen LogP contribution in [0.5, 0.6) is 0 Å². The van der Waals surface area contributed by atoms with Gasteiger partial charge in [-0.1, -0.05) is 0 Å². The minimum Gasteiger partial charge on any atom is -0.295 e. The summed E-state index contributed by atoms with van der Waals surface area (Å²) >= 11 is 1.81. The van der Waals surface area contributed by atoms with Crippen LogP contribution in [-0.4, -0.2) is 42.7 Å². The zero-order chi connectivity index (χ0) is 15.0. The first kappa shape index (κ1) is 15.4. The maximum absolute atomic E-state index is 12.2. The minimum absolute atomic E-state index is 0.0361. The molecule has 0 saturated carbocycles. The lowest BCUT2D eigenvalue weighted by Gasteiger charge is -2.16. The monoisotopic (exact) mass is 329 g/mol. The number of fused-ring (bicyclic) bond motifs is 1. The van der Waals surface area contributed by atoms with Crippen LogP contribution in [0.3, 0.4) is 0 Å². The Hall–Kier alpha value is -0.500. The Kier molecular flexibility index (Phi) is 4.36. The smallest absolute Gasteiger partial charge is 0.216 e. The average Bonchev–Trinajstić information content (AvgIpc) is 3.02. The fraction of sp³-hybridized carbons (Fsp3) is 0.786. The molecule has 2 aliphatic rings. The van der Waals surface area contributed by atoms with Gasteiger partial charge in [-0.15, -0.1) is 11.3 Å². The van der Waals surface area contributed by atoms with Crippen molar-refractivity contribution in [1.82, 2.24) is 14.6 Å². The summed E-state index contributed by atoms with van der Waals surface area (Å²) in [5.41, 5.74) is 1.28. The third kappa shape index (κ3) is 3.47. The molecule has 1 atom stereocenters. The molecule has 0 amide bonds. The highest BCUT2D eigenvalue weighted by Crippen LogP contribution is 2.29. The van der Waals surface area contributed by atoms with Crippen molar-refractivity contribution in [1.29, 1.82) is 0 Å². The van der Waals surface area contributed by atoms with Crippen LogP contribution < -0.4 is 4.72 Å². The number of aromatic nitrogens is 1. The van der Waals surface area contributed by atoms with Crippen LogP contribution >= 0.6 is 11.3 Å². The molecular weight excluding hydrogens is 306 g/mol. The summed E-state index contributed by atoms with van der Waals surface area (Å²) in [6, 6.07) is -0.0361. The van der Waals surface area contributed by atoms with Gasteiger partial charge in [-0.05, 0) is 46.1 Å². The van der Waals surface area contributed by atoms with Crippen molar-refractivity contribution in [2.24, 2.45) is 0 Å². The molecule has 0 bridgehead atoms. The van der Waals surface area contributed by atoms with Crippen LogP contribution in [-0.2, 0) is 29.4 Å². The van der Waals surface area contributed by atoms with Gasteiger partial charge in [0.15, 0.2) is 0 Å². The summed E-state index contributed by atoms with van der Waals surface area (Å²) in [5, 5.41) is 0.862. The largest absolute Gasteiger partial charge is 0.295 e. The van der Waals surface area contributed by atoms with E-state index in [1.54, 1.807) is 0 Å². The lowest BCUT2D eigenvalue weighted by molar-refractivity contribution is 0.330. The van der Waals surface area contributed by atoms with E-state index in [1.807, 2.05) is 25.2 Å². The molecule has 5 nitrogen and oxygen atoms in total. The number of rotatable bonds is 5. The topological polar surface area (TPSA) is 62.3 Å². The van der Waals surface area contributed by atoms with Crippen molar-refractivity contribution in [3.63, 3.8) is 0 Å². The fourth-order valence-corrected chi connectivity index (χ4v) is 5.99. The van der Waals surface area contributed by atoms with Crippen molar-refractivity contribution >= 4 is 21.4 Å². The molecule has 3 rings (SSSR count). The van der Waals surface area contributed by atoms with Crippen LogP contribution in [0.15, 0.2) is 0 Å². The molecule has 0 aromatic carbocycles. The second-order valence-corrected chi connectivity index (χ2v) is 9.45. The van der Waals surface area contributed by atoms with Crippen LogP contribution in [0.1, 0.15) is 42.3 Å². The van der Waals surface area contributed by atoms with E-state index in [4.69, 9.17) is 4.98 Å². The zero-order valence-electron chi connectivity index (χ0n) is 12.6. The fourth-order valence-electron chi connectivity index (χ4n) is 3.12. The molecule has 7 heteroatoms. The molecule has 21 heavy (non-hydrogen) atoms. The zero-order valence-corrected chi connectivity index (χ0v) is 14.3. The molecule has 0 radical (unpaired) electrons. The normalized spacial score (nSPS) is 23.1. The summed E-state index contributed by atoms with van der Waals surface area (Å²) in [4.78, 5) is 8.36. The second kappa shape index (κ2) is 5.95. The van der Waals surface area contributed by atoms with Gasteiger partial charge in [-0.2, -0.15) is 0 Å². The number of nitrogens with one attached hydrogen (secondary N) is 1. The maximum Gasteiger partial charge on any atom is 0.216 e. The highest BCUT2D eigenvalue weighted by atomic mass is 32.2. The lowest BCUT2D eigenvalue weighted by atomic mass is 10.4. The summed E-state index contributed by atoms with van der Waals surface area (Å²) in [7, 11) is -3.19. The SMILES string of the molecule is CC(C)NS(=O)(=O)[C@@H]1CCN(Cc2nc3c(s2)CCC3)C1. The van der Waals surface area contributed by atoms with E-state index >= 15 is 0 Å². The molecule has 2 heterocycles.